The fourth-order valence-corrected chi connectivity index (χ4v) is 12.9. The molecule has 0 atom stereocenters. The third-order valence-electron chi connectivity index (χ3n) is 7.59. The molecule has 9 heteroatoms. The van der Waals surface area contributed by atoms with Crippen LogP contribution >= 0.6 is 0 Å². The van der Waals surface area contributed by atoms with E-state index in [4.69, 9.17) is 6.70 Å². The minimum absolute atomic E-state index is 0.00628. The molecule has 0 bridgehead atoms. The van der Waals surface area contributed by atoms with Crippen LogP contribution in [0.25, 0.3) is 10.8 Å². The fraction of sp³-hybridized carbons (Fsp3) is 0.243. The van der Waals surface area contributed by atoms with Crippen LogP contribution in [0, 0.1) is 14.1 Å². The molecule has 6 nitrogen and oxygen atoms in total. The maximum absolute atomic E-state index is 14.2. The molecule has 5 aromatic carbocycles. The molecule has 0 fully saturated rings. The molecule has 46 heavy (non-hydrogen) atoms. The number of benzene rings is 5. The molecule has 0 aromatic heterocycles. The summed E-state index contributed by atoms with van der Waals surface area (Å²) in [4.78, 5) is -0.0464. The molecule has 1 radical (unpaired) electrons. The summed E-state index contributed by atoms with van der Waals surface area (Å²) in [6, 6.07) is 31.8. The van der Waals surface area contributed by atoms with Crippen molar-refractivity contribution in [2.75, 3.05) is 0 Å². The average molecular weight is 771 g/mol. The molecular formula is C37H39IO6S2+. The summed E-state index contributed by atoms with van der Waals surface area (Å²) in [5, 5.41) is 0.647. The van der Waals surface area contributed by atoms with Crippen LogP contribution in [-0.2, 0) is 33.6 Å². The van der Waals surface area contributed by atoms with Crippen LogP contribution in [0.15, 0.2) is 119 Å². The third-order valence-corrected chi connectivity index (χ3v) is 16.2. The Morgan fingerprint density at radius 1 is 0.543 bits per heavy atom. The second-order valence-corrected chi connectivity index (χ2v) is 21.2. The van der Waals surface area contributed by atoms with Crippen molar-refractivity contribution in [1.29, 1.82) is 0 Å². The van der Waals surface area contributed by atoms with Crippen molar-refractivity contribution in [3.05, 3.63) is 133 Å². The molecule has 0 unspecified atom stereocenters. The molecule has 0 amide bonds. The van der Waals surface area contributed by atoms with E-state index in [1.54, 1.807) is 36.4 Å². The summed E-state index contributed by atoms with van der Waals surface area (Å²) >= 11 is -3.02. The zero-order valence-corrected chi connectivity index (χ0v) is 30.8. The van der Waals surface area contributed by atoms with Gasteiger partial charge in [0, 0.05) is 10.8 Å². The van der Waals surface area contributed by atoms with Gasteiger partial charge in [-0.25, -0.2) is 0 Å². The highest BCUT2D eigenvalue weighted by Gasteiger charge is 2.39. The Morgan fingerprint density at radius 2 is 1.02 bits per heavy atom. The maximum Gasteiger partial charge on any atom is 0.339 e. The van der Waals surface area contributed by atoms with E-state index < -0.39 is 40.5 Å². The van der Waals surface area contributed by atoms with Crippen LogP contribution < -0.4 is 24.4 Å². The highest BCUT2D eigenvalue weighted by molar-refractivity contribution is 7.87. The van der Waals surface area contributed by atoms with Crippen molar-refractivity contribution >= 4 is 31.0 Å². The number of aryl methyl sites for hydroxylation is 1. The average Bonchev–Trinajstić information content (AvgIpc) is 2.99. The summed E-state index contributed by atoms with van der Waals surface area (Å²) in [6.07, 6.45) is 0. The molecule has 0 aliphatic carbocycles. The van der Waals surface area contributed by atoms with Crippen molar-refractivity contribution in [3.63, 3.8) is 0 Å². The number of fused-ring (bicyclic) bond motifs is 1. The Hall–Kier alpha value is -3.25. The van der Waals surface area contributed by atoms with E-state index in [-0.39, 0.29) is 26.4 Å². The number of halogens is 1. The van der Waals surface area contributed by atoms with Gasteiger partial charge >= 0.3 is 40.5 Å². The van der Waals surface area contributed by atoms with E-state index >= 15 is 0 Å². The number of hydrogen-bond acceptors (Lipinski definition) is 6. The summed E-state index contributed by atoms with van der Waals surface area (Å²) in [5.41, 5.74) is 3.07. The zero-order valence-electron chi connectivity index (χ0n) is 27.0. The van der Waals surface area contributed by atoms with Crippen molar-refractivity contribution in [2.24, 2.45) is 0 Å². The van der Waals surface area contributed by atoms with Gasteiger partial charge < -0.3 is 4.18 Å². The van der Waals surface area contributed by atoms with Gasteiger partial charge in [0.15, 0.2) is 12.9 Å². The highest BCUT2D eigenvalue weighted by atomic mass is 127. The SMILES string of the molecule is Cc1ccc(S(=O)(=O)Oc2ccc(S(=O)(=O)O[I+](c3ccc(C(C)(C)C)cc3)c3ccc(C(C)(C)C)cc3)c3ccccc23)cc1. The van der Waals surface area contributed by atoms with Gasteiger partial charge in [0.2, 0.25) is 0 Å². The second kappa shape index (κ2) is 12.7. The molecule has 5 rings (SSSR count). The highest BCUT2D eigenvalue weighted by Crippen LogP contribution is 2.33. The summed E-state index contributed by atoms with van der Waals surface area (Å²) in [7, 11) is -8.47. The van der Waals surface area contributed by atoms with Gasteiger partial charge in [-0.15, -0.1) is 0 Å². The molecule has 0 heterocycles. The lowest BCUT2D eigenvalue weighted by atomic mass is 9.87. The molecule has 0 aliphatic rings. The lowest BCUT2D eigenvalue weighted by molar-refractivity contribution is -1.03. The first-order valence-corrected chi connectivity index (χ1v) is 20.7. The topological polar surface area (TPSA) is 86.7 Å². The molecule has 0 aliphatic heterocycles. The van der Waals surface area contributed by atoms with Crippen LogP contribution in [0.2, 0.25) is 0 Å². The van der Waals surface area contributed by atoms with Gasteiger partial charge in [0.1, 0.15) is 9.79 Å². The van der Waals surface area contributed by atoms with E-state index in [0.717, 1.165) is 23.8 Å². The summed E-state index contributed by atoms with van der Waals surface area (Å²) < 4.78 is 68.0. The van der Waals surface area contributed by atoms with Crippen LogP contribution in [-0.4, -0.2) is 16.8 Å². The van der Waals surface area contributed by atoms with Crippen molar-refractivity contribution in [1.82, 2.24) is 0 Å². The third kappa shape index (κ3) is 7.48. The largest absolute Gasteiger partial charge is 0.378 e. The van der Waals surface area contributed by atoms with E-state index in [9.17, 15) is 16.8 Å². The zero-order chi connectivity index (χ0) is 33.5. The molecule has 0 saturated carbocycles. The maximum atomic E-state index is 14.2. The first-order valence-electron chi connectivity index (χ1n) is 14.8. The molecule has 0 saturated heterocycles. The van der Waals surface area contributed by atoms with Gasteiger partial charge in [0.25, 0.3) is 0 Å². The normalized spacial score (nSPS) is 12.9. The Morgan fingerprint density at radius 3 is 1.50 bits per heavy atom. The van der Waals surface area contributed by atoms with Crippen molar-refractivity contribution in [2.45, 2.75) is 69.1 Å². The first kappa shape index (κ1) is 34.1. The smallest absolute Gasteiger partial charge is 0.339 e. The molecular weight excluding hydrogens is 731 g/mol. The fourth-order valence-electron chi connectivity index (χ4n) is 4.85. The Balaban J connectivity index is 1.56. The minimum Gasteiger partial charge on any atom is -0.378 e. The Bertz CT molecular complexity index is 2020. The van der Waals surface area contributed by atoms with Gasteiger partial charge in [0.05, 0.1) is 0 Å². The van der Waals surface area contributed by atoms with Gasteiger partial charge in [-0.2, -0.15) is 16.8 Å². The molecule has 0 spiro atoms. The van der Waals surface area contributed by atoms with Crippen LogP contribution in [0.5, 0.6) is 5.75 Å². The summed E-state index contributed by atoms with van der Waals surface area (Å²) in [6.45, 7) is 14.7. The van der Waals surface area contributed by atoms with Crippen molar-refractivity contribution in [3.8, 4) is 5.75 Å². The Labute approximate surface area is 281 Å². The van der Waals surface area contributed by atoms with Crippen LogP contribution in [0.1, 0.15) is 58.2 Å². The van der Waals surface area contributed by atoms with E-state index in [2.05, 4.69) is 41.5 Å². The standard InChI is InChI=1S/C37H39IO6S2/c1-26-12-22-31(23-13-26)45(39,40)43-34-24-25-35(33-11-9-8-10-32(33)34)46(41,42)44-38(29-18-14-27(15-19-29)36(2,3)4)30-20-16-28(17-21-30)37(5,6)7/h8-25H,1-7H3/q+1. The predicted molar refractivity (Wildman–Crippen MR) is 179 cm³/mol. The van der Waals surface area contributed by atoms with Gasteiger partial charge in [-0.3, -0.25) is 0 Å². The van der Waals surface area contributed by atoms with Crippen LogP contribution in [0.3, 0.4) is 0 Å². The van der Waals surface area contributed by atoms with E-state index in [1.165, 1.54) is 24.3 Å². The van der Waals surface area contributed by atoms with E-state index in [0.29, 0.717) is 10.8 Å². The molecule has 241 valence electrons. The quantitative estimate of drug-likeness (QED) is 0.153. The second-order valence-electron chi connectivity index (χ2n) is 13.2. The number of rotatable bonds is 8. The van der Waals surface area contributed by atoms with E-state index in [1.807, 2.05) is 55.5 Å². The first-order chi connectivity index (χ1) is 21.5. The van der Waals surface area contributed by atoms with Gasteiger partial charge in [-0.1, -0.05) is 108 Å². The molecule has 0 N–H and O–H groups in total. The lowest BCUT2D eigenvalue weighted by Crippen LogP contribution is -3.85. The van der Waals surface area contributed by atoms with Crippen molar-refractivity contribution < 1.29 is 43.8 Å². The van der Waals surface area contributed by atoms with Crippen LogP contribution in [0.4, 0.5) is 0 Å². The summed E-state index contributed by atoms with van der Waals surface area (Å²) in [5.74, 6) is 0.0287. The number of hydrogen-bond donors (Lipinski definition) is 0. The molecule has 5 aromatic rings. The minimum atomic E-state index is -4.31. The van der Waals surface area contributed by atoms with Gasteiger partial charge in [-0.05, 0) is 79.9 Å². The predicted octanol–water partition coefficient (Wildman–Crippen LogP) is 5.50. The Kier molecular flexibility index (Phi) is 9.45. The monoisotopic (exact) mass is 770 g/mol. The lowest BCUT2D eigenvalue weighted by Gasteiger charge is -2.19.